The zero-order chi connectivity index (χ0) is 20.3. The highest BCUT2D eigenvalue weighted by atomic mass is 79.9. The van der Waals surface area contributed by atoms with E-state index >= 15 is 0 Å². The minimum atomic E-state index is -0.134. The van der Waals surface area contributed by atoms with Gasteiger partial charge in [0.05, 0.1) is 16.7 Å². The van der Waals surface area contributed by atoms with Crippen LogP contribution in [0, 0.1) is 12.8 Å². The molecule has 0 unspecified atom stereocenters. The van der Waals surface area contributed by atoms with E-state index in [-0.39, 0.29) is 17.2 Å². The van der Waals surface area contributed by atoms with Gasteiger partial charge in [0.25, 0.3) is 5.56 Å². The van der Waals surface area contributed by atoms with E-state index in [2.05, 4.69) is 40.1 Å². The predicted molar refractivity (Wildman–Crippen MR) is 119 cm³/mol. The quantitative estimate of drug-likeness (QED) is 0.422. The van der Waals surface area contributed by atoms with Gasteiger partial charge in [0.1, 0.15) is 0 Å². The highest BCUT2D eigenvalue weighted by Gasteiger charge is 2.14. The Morgan fingerprint density at radius 1 is 1.25 bits per heavy atom. The molecule has 1 amide bonds. The van der Waals surface area contributed by atoms with Gasteiger partial charge in [0.2, 0.25) is 5.91 Å². The molecule has 1 heterocycles. The van der Waals surface area contributed by atoms with Gasteiger partial charge in [-0.3, -0.25) is 14.2 Å². The van der Waals surface area contributed by atoms with E-state index in [0.717, 1.165) is 15.7 Å². The Morgan fingerprint density at radius 3 is 2.71 bits per heavy atom. The highest BCUT2D eigenvalue weighted by molar-refractivity contribution is 9.10. The number of carbonyl (C=O) groups is 1. The summed E-state index contributed by atoms with van der Waals surface area (Å²) in [4.78, 5) is 29.9. The van der Waals surface area contributed by atoms with Crippen LogP contribution in [0.3, 0.4) is 0 Å². The molecule has 0 saturated heterocycles. The number of thioether (sulfide) groups is 1. The number of anilines is 1. The second-order valence-electron chi connectivity index (χ2n) is 7.02. The molecular weight excluding hydrogens is 438 g/mol. The Bertz CT molecular complexity index is 1080. The van der Waals surface area contributed by atoms with Gasteiger partial charge < -0.3 is 5.32 Å². The fraction of sp³-hybridized carbons (Fsp3) is 0.286. The van der Waals surface area contributed by atoms with Crippen LogP contribution in [0.15, 0.2) is 56.9 Å². The Morgan fingerprint density at radius 2 is 2.00 bits per heavy atom. The first-order valence-electron chi connectivity index (χ1n) is 9.03. The van der Waals surface area contributed by atoms with E-state index in [0.29, 0.717) is 28.5 Å². The van der Waals surface area contributed by atoms with Crippen molar-refractivity contribution in [3.05, 3.63) is 62.9 Å². The Hall–Kier alpha value is -2.12. The van der Waals surface area contributed by atoms with Crippen LogP contribution in [-0.2, 0) is 11.3 Å². The molecule has 2 aromatic carbocycles. The largest absolute Gasteiger partial charge is 0.325 e. The van der Waals surface area contributed by atoms with E-state index in [1.165, 1.54) is 11.8 Å². The first-order chi connectivity index (χ1) is 13.3. The number of halogens is 1. The van der Waals surface area contributed by atoms with Gasteiger partial charge >= 0.3 is 0 Å². The van der Waals surface area contributed by atoms with Crippen molar-refractivity contribution in [3.63, 3.8) is 0 Å². The number of amides is 1. The molecular formula is C21H22BrN3O2S. The number of hydrogen-bond donors (Lipinski definition) is 1. The van der Waals surface area contributed by atoms with Gasteiger partial charge in [0.15, 0.2) is 5.16 Å². The number of hydrogen-bond acceptors (Lipinski definition) is 4. The zero-order valence-corrected chi connectivity index (χ0v) is 18.4. The number of nitrogens with one attached hydrogen (secondary N) is 1. The maximum atomic E-state index is 12.9. The van der Waals surface area contributed by atoms with Gasteiger partial charge in [-0.25, -0.2) is 4.98 Å². The van der Waals surface area contributed by atoms with Crippen molar-refractivity contribution in [3.8, 4) is 0 Å². The number of aromatic nitrogens is 2. The Balaban J connectivity index is 1.81. The van der Waals surface area contributed by atoms with E-state index in [9.17, 15) is 9.59 Å². The van der Waals surface area contributed by atoms with E-state index in [1.54, 1.807) is 10.6 Å². The summed E-state index contributed by atoms with van der Waals surface area (Å²) in [5, 5.41) is 4.06. The van der Waals surface area contributed by atoms with Crippen molar-refractivity contribution in [1.29, 1.82) is 0 Å². The minimum absolute atomic E-state index is 0.0641. The summed E-state index contributed by atoms with van der Waals surface area (Å²) < 4.78 is 2.67. The summed E-state index contributed by atoms with van der Waals surface area (Å²) in [5.74, 6) is 0.336. The van der Waals surface area contributed by atoms with E-state index in [4.69, 9.17) is 0 Å². The van der Waals surface area contributed by atoms with Crippen molar-refractivity contribution < 1.29 is 4.79 Å². The van der Waals surface area contributed by atoms with E-state index < -0.39 is 0 Å². The molecule has 7 heteroatoms. The second-order valence-corrected chi connectivity index (χ2v) is 8.82. The molecule has 1 N–H and O–H groups in total. The topological polar surface area (TPSA) is 64.0 Å². The third-order valence-corrected chi connectivity index (χ3v) is 6.01. The monoisotopic (exact) mass is 459 g/mol. The summed E-state index contributed by atoms with van der Waals surface area (Å²) >= 11 is 4.74. The lowest BCUT2D eigenvalue weighted by Gasteiger charge is -2.15. The van der Waals surface area contributed by atoms with Crippen LogP contribution in [-0.4, -0.2) is 21.2 Å². The normalized spacial score (nSPS) is 11.2. The molecule has 5 nitrogen and oxygen atoms in total. The van der Waals surface area contributed by atoms with Crippen LogP contribution in [0.4, 0.5) is 5.69 Å². The average molecular weight is 460 g/mol. The number of fused-ring (bicyclic) bond motifs is 1. The molecule has 3 rings (SSSR count). The molecule has 146 valence electrons. The molecule has 0 spiro atoms. The first-order valence-corrected chi connectivity index (χ1v) is 10.8. The third-order valence-electron chi connectivity index (χ3n) is 4.15. The zero-order valence-electron chi connectivity index (χ0n) is 16.0. The van der Waals surface area contributed by atoms with Crippen LogP contribution < -0.4 is 10.9 Å². The second kappa shape index (κ2) is 8.92. The standard InChI is InChI=1S/C21H22BrN3O2S/c1-13(2)11-25-20(27)16-6-4-5-7-18(16)24-21(25)28-12-19(26)23-15-8-9-17(22)14(3)10-15/h4-10,13H,11-12H2,1-3H3,(H,23,26). The van der Waals surface area contributed by atoms with Crippen molar-refractivity contribution in [2.75, 3.05) is 11.1 Å². The van der Waals surface area contributed by atoms with Gasteiger partial charge in [-0.05, 0) is 48.7 Å². The van der Waals surface area contributed by atoms with Gasteiger partial charge in [-0.2, -0.15) is 0 Å². The average Bonchev–Trinajstić information content (AvgIpc) is 2.65. The molecule has 0 bridgehead atoms. The fourth-order valence-electron chi connectivity index (χ4n) is 2.83. The molecule has 0 saturated carbocycles. The number of rotatable bonds is 6. The molecule has 0 atom stereocenters. The van der Waals surface area contributed by atoms with Crippen molar-refractivity contribution in [1.82, 2.24) is 9.55 Å². The molecule has 0 aliphatic carbocycles. The smallest absolute Gasteiger partial charge is 0.262 e. The van der Waals surface area contributed by atoms with Gasteiger partial charge in [-0.15, -0.1) is 0 Å². The molecule has 28 heavy (non-hydrogen) atoms. The lowest BCUT2D eigenvalue weighted by atomic mass is 10.2. The fourth-order valence-corrected chi connectivity index (χ4v) is 3.89. The molecule has 0 aliphatic heterocycles. The Kier molecular flexibility index (Phi) is 6.57. The molecule has 0 fully saturated rings. The molecule has 3 aromatic rings. The van der Waals surface area contributed by atoms with Crippen LogP contribution in [0.25, 0.3) is 10.9 Å². The maximum absolute atomic E-state index is 12.9. The minimum Gasteiger partial charge on any atom is -0.325 e. The van der Waals surface area contributed by atoms with Crippen LogP contribution >= 0.6 is 27.7 Å². The van der Waals surface area contributed by atoms with Crippen molar-refractivity contribution in [2.24, 2.45) is 5.92 Å². The highest BCUT2D eigenvalue weighted by Crippen LogP contribution is 2.22. The summed E-state index contributed by atoms with van der Waals surface area (Å²) in [6.07, 6.45) is 0. The Labute approximate surface area is 176 Å². The predicted octanol–water partition coefficient (Wildman–Crippen LogP) is 4.85. The summed E-state index contributed by atoms with van der Waals surface area (Å²) in [6, 6.07) is 13.0. The number of para-hydroxylation sites is 1. The number of nitrogens with zero attached hydrogens (tertiary/aromatic N) is 2. The third kappa shape index (κ3) is 4.83. The lowest BCUT2D eigenvalue weighted by molar-refractivity contribution is -0.113. The van der Waals surface area contributed by atoms with Crippen LogP contribution in [0.1, 0.15) is 19.4 Å². The number of carbonyl (C=O) groups excluding carboxylic acids is 1. The van der Waals surface area contributed by atoms with Crippen molar-refractivity contribution in [2.45, 2.75) is 32.5 Å². The van der Waals surface area contributed by atoms with E-state index in [1.807, 2.05) is 43.3 Å². The lowest BCUT2D eigenvalue weighted by Crippen LogP contribution is -2.26. The SMILES string of the molecule is Cc1cc(NC(=O)CSc2nc3ccccc3c(=O)n2CC(C)C)ccc1Br. The van der Waals surface area contributed by atoms with Gasteiger partial charge in [-0.1, -0.05) is 53.7 Å². The summed E-state index contributed by atoms with van der Waals surface area (Å²) in [7, 11) is 0. The van der Waals surface area contributed by atoms with Gasteiger partial charge in [0, 0.05) is 16.7 Å². The first kappa shape index (κ1) is 20.6. The summed E-state index contributed by atoms with van der Waals surface area (Å²) in [6.45, 7) is 6.64. The van der Waals surface area contributed by atoms with Crippen LogP contribution in [0.2, 0.25) is 0 Å². The number of aryl methyl sites for hydroxylation is 1. The van der Waals surface area contributed by atoms with Crippen molar-refractivity contribution >= 4 is 50.2 Å². The molecule has 1 aromatic heterocycles. The molecule has 0 aliphatic rings. The summed E-state index contributed by atoms with van der Waals surface area (Å²) in [5.41, 5.74) is 2.38. The number of benzene rings is 2. The maximum Gasteiger partial charge on any atom is 0.262 e. The van der Waals surface area contributed by atoms with Crippen LogP contribution in [0.5, 0.6) is 0 Å². The molecule has 0 radical (unpaired) electrons.